The number of carbonyl (C=O) groups is 1. The maximum absolute atomic E-state index is 12.9. The Morgan fingerprint density at radius 2 is 1.68 bits per heavy atom. The number of hydrogen-bond donors (Lipinski definition) is 1. The number of thioether (sulfide) groups is 1. The van der Waals surface area contributed by atoms with E-state index in [4.69, 9.17) is 10.5 Å². The number of hydrogen-bond acceptors (Lipinski definition) is 8. The Labute approximate surface area is 168 Å². The molecule has 0 aliphatic rings. The lowest BCUT2D eigenvalue weighted by molar-refractivity contribution is -0.144. The molecule has 8 heteroatoms. The molecule has 0 spiro atoms. The summed E-state index contributed by atoms with van der Waals surface area (Å²) in [6.45, 7) is -0.0783. The summed E-state index contributed by atoms with van der Waals surface area (Å²) in [6.07, 6.45) is 0. The average Bonchev–Trinajstić information content (AvgIpc) is 2.71. The number of anilines is 2. The van der Waals surface area contributed by atoms with E-state index in [2.05, 4.69) is 15.0 Å². The highest BCUT2D eigenvalue weighted by atomic mass is 32.2. The van der Waals surface area contributed by atoms with Gasteiger partial charge in [0, 0.05) is 19.0 Å². The first-order chi connectivity index (χ1) is 13.5. The molecule has 2 aromatic carbocycles. The lowest BCUT2D eigenvalue weighted by Gasteiger charge is -2.16. The number of ether oxygens (including phenoxy) is 1. The number of nitrogens with two attached hydrogens (primary N) is 1. The smallest absolute Gasteiger partial charge is 0.324 e. The SMILES string of the molecule is CN(C)c1nc(N)nc(COC(=O)[C@H](Sc2ccccc2)c2ccccc2)n1. The molecule has 1 atom stereocenters. The number of rotatable bonds is 7. The third kappa shape index (κ3) is 5.20. The van der Waals surface area contributed by atoms with Crippen molar-refractivity contribution in [2.45, 2.75) is 16.8 Å². The molecule has 0 saturated carbocycles. The van der Waals surface area contributed by atoms with Crippen molar-refractivity contribution in [2.75, 3.05) is 24.7 Å². The van der Waals surface area contributed by atoms with Crippen LogP contribution in [0.5, 0.6) is 0 Å². The van der Waals surface area contributed by atoms with Crippen LogP contribution in [0.4, 0.5) is 11.9 Å². The first kappa shape index (κ1) is 19.6. The zero-order valence-electron chi connectivity index (χ0n) is 15.6. The Hall–Kier alpha value is -3.13. The summed E-state index contributed by atoms with van der Waals surface area (Å²) in [4.78, 5) is 27.9. The van der Waals surface area contributed by atoms with Gasteiger partial charge in [0.25, 0.3) is 0 Å². The molecule has 144 valence electrons. The zero-order valence-corrected chi connectivity index (χ0v) is 16.5. The lowest BCUT2D eigenvalue weighted by atomic mass is 10.1. The van der Waals surface area contributed by atoms with Crippen molar-refractivity contribution < 1.29 is 9.53 Å². The standard InChI is InChI=1S/C20H21N5O2S/c1-25(2)20-23-16(22-19(21)24-20)13-27-18(26)17(14-9-5-3-6-10-14)28-15-11-7-4-8-12-15/h3-12,17H,13H2,1-2H3,(H2,21,22,23,24)/t17-/m1/s1. The van der Waals surface area contributed by atoms with E-state index in [1.165, 1.54) is 11.8 Å². The molecule has 0 bridgehead atoms. The van der Waals surface area contributed by atoms with Crippen LogP contribution in [0.15, 0.2) is 65.6 Å². The monoisotopic (exact) mass is 395 g/mol. The summed E-state index contributed by atoms with van der Waals surface area (Å²) in [6, 6.07) is 19.3. The fourth-order valence-corrected chi connectivity index (χ4v) is 3.46. The van der Waals surface area contributed by atoms with Crippen molar-refractivity contribution in [3.8, 4) is 0 Å². The summed E-state index contributed by atoms with van der Waals surface area (Å²) < 4.78 is 5.52. The van der Waals surface area contributed by atoms with Crippen LogP contribution in [0.1, 0.15) is 16.6 Å². The molecule has 0 radical (unpaired) electrons. The van der Waals surface area contributed by atoms with Crippen LogP contribution in [-0.4, -0.2) is 35.0 Å². The molecule has 0 amide bonds. The molecule has 0 unspecified atom stereocenters. The Kier molecular flexibility index (Phi) is 6.44. The second-order valence-electron chi connectivity index (χ2n) is 6.13. The Bertz CT molecular complexity index is 922. The van der Waals surface area contributed by atoms with Crippen LogP contribution in [0.2, 0.25) is 0 Å². The summed E-state index contributed by atoms with van der Waals surface area (Å²) >= 11 is 1.44. The lowest BCUT2D eigenvalue weighted by Crippen LogP contribution is -2.18. The van der Waals surface area contributed by atoms with Crippen LogP contribution in [0.25, 0.3) is 0 Å². The van der Waals surface area contributed by atoms with Gasteiger partial charge in [0.05, 0.1) is 0 Å². The second kappa shape index (κ2) is 9.18. The van der Waals surface area contributed by atoms with Crippen molar-refractivity contribution in [3.05, 3.63) is 72.1 Å². The third-order valence-electron chi connectivity index (χ3n) is 3.74. The van der Waals surface area contributed by atoms with Crippen LogP contribution >= 0.6 is 11.8 Å². The van der Waals surface area contributed by atoms with E-state index in [0.717, 1.165) is 10.5 Å². The van der Waals surface area contributed by atoms with Gasteiger partial charge in [0.15, 0.2) is 12.4 Å². The van der Waals surface area contributed by atoms with E-state index in [1.54, 1.807) is 19.0 Å². The maximum atomic E-state index is 12.9. The fraction of sp³-hybridized carbons (Fsp3) is 0.200. The predicted octanol–water partition coefficient (Wildman–Crippen LogP) is 3.10. The second-order valence-corrected chi connectivity index (χ2v) is 7.31. The molecular weight excluding hydrogens is 374 g/mol. The fourth-order valence-electron chi connectivity index (χ4n) is 2.42. The van der Waals surface area contributed by atoms with Gasteiger partial charge in [-0.05, 0) is 17.7 Å². The number of carbonyl (C=O) groups excluding carboxylic acids is 1. The highest BCUT2D eigenvalue weighted by Crippen LogP contribution is 2.36. The van der Waals surface area contributed by atoms with E-state index < -0.39 is 5.25 Å². The number of nitrogens with zero attached hydrogens (tertiary/aromatic N) is 4. The number of aromatic nitrogens is 3. The van der Waals surface area contributed by atoms with Gasteiger partial charge in [-0.1, -0.05) is 48.5 Å². The Balaban J connectivity index is 1.76. The van der Waals surface area contributed by atoms with Gasteiger partial charge in [-0.3, -0.25) is 4.79 Å². The minimum atomic E-state index is -0.504. The van der Waals surface area contributed by atoms with E-state index in [9.17, 15) is 4.79 Å². The van der Waals surface area contributed by atoms with Gasteiger partial charge in [-0.2, -0.15) is 15.0 Å². The third-order valence-corrected chi connectivity index (χ3v) is 4.99. The average molecular weight is 395 g/mol. The van der Waals surface area contributed by atoms with Crippen LogP contribution in [0, 0.1) is 0 Å². The molecule has 7 nitrogen and oxygen atoms in total. The molecule has 3 rings (SSSR count). The van der Waals surface area contributed by atoms with E-state index in [1.807, 2.05) is 60.7 Å². The van der Waals surface area contributed by atoms with Crippen LogP contribution in [0.3, 0.4) is 0 Å². The summed E-state index contributed by atoms with van der Waals surface area (Å²) in [5.74, 6) is 0.436. The number of nitrogen functional groups attached to an aromatic ring is 1. The minimum absolute atomic E-state index is 0.0783. The number of esters is 1. The van der Waals surface area contributed by atoms with Gasteiger partial charge in [0.2, 0.25) is 11.9 Å². The highest BCUT2D eigenvalue weighted by molar-refractivity contribution is 8.00. The van der Waals surface area contributed by atoms with Crippen molar-refractivity contribution in [2.24, 2.45) is 0 Å². The molecule has 1 aromatic heterocycles. The van der Waals surface area contributed by atoms with Crippen molar-refractivity contribution in [1.29, 1.82) is 0 Å². The van der Waals surface area contributed by atoms with E-state index in [-0.39, 0.29) is 18.5 Å². The molecule has 2 N–H and O–H groups in total. The number of benzene rings is 2. The van der Waals surface area contributed by atoms with E-state index in [0.29, 0.717) is 11.8 Å². The van der Waals surface area contributed by atoms with Gasteiger partial charge in [0.1, 0.15) is 5.25 Å². The molecule has 28 heavy (non-hydrogen) atoms. The quantitative estimate of drug-likeness (QED) is 0.482. The highest BCUT2D eigenvalue weighted by Gasteiger charge is 2.24. The van der Waals surface area contributed by atoms with Crippen molar-refractivity contribution >= 4 is 29.6 Å². The predicted molar refractivity (Wildman–Crippen MR) is 110 cm³/mol. The summed E-state index contributed by atoms with van der Waals surface area (Å²) in [5, 5.41) is -0.504. The Morgan fingerprint density at radius 1 is 1.04 bits per heavy atom. The van der Waals surface area contributed by atoms with Gasteiger partial charge >= 0.3 is 5.97 Å². The molecule has 0 aliphatic heterocycles. The van der Waals surface area contributed by atoms with Crippen molar-refractivity contribution in [1.82, 2.24) is 15.0 Å². The molecule has 1 heterocycles. The zero-order chi connectivity index (χ0) is 19.9. The van der Waals surface area contributed by atoms with Crippen molar-refractivity contribution in [3.63, 3.8) is 0 Å². The normalized spacial score (nSPS) is 11.6. The summed E-state index contributed by atoms with van der Waals surface area (Å²) in [7, 11) is 3.60. The van der Waals surface area contributed by atoms with Gasteiger partial charge in [-0.15, -0.1) is 11.8 Å². The Morgan fingerprint density at radius 3 is 2.32 bits per heavy atom. The molecule has 0 fully saturated rings. The van der Waals surface area contributed by atoms with Gasteiger partial charge in [-0.25, -0.2) is 0 Å². The van der Waals surface area contributed by atoms with Gasteiger partial charge < -0.3 is 15.4 Å². The molecule has 3 aromatic rings. The molecular formula is C20H21N5O2S. The largest absolute Gasteiger partial charge is 0.456 e. The topological polar surface area (TPSA) is 94.2 Å². The molecule has 0 aliphatic carbocycles. The maximum Gasteiger partial charge on any atom is 0.324 e. The first-order valence-electron chi connectivity index (χ1n) is 8.64. The summed E-state index contributed by atoms with van der Waals surface area (Å²) in [5.41, 5.74) is 6.59. The molecule has 0 saturated heterocycles. The van der Waals surface area contributed by atoms with Crippen LogP contribution in [-0.2, 0) is 16.1 Å². The van der Waals surface area contributed by atoms with Crippen LogP contribution < -0.4 is 10.6 Å². The minimum Gasteiger partial charge on any atom is -0.456 e. The first-order valence-corrected chi connectivity index (χ1v) is 9.52. The van der Waals surface area contributed by atoms with E-state index >= 15 is 0 Å².